The van der Waals surface area contributed by atoms with Crippen LogP contribution in [0.1, 0.15) is 29.3 Å². The van der Waals surface area contributed by atoms with Crippen LogP contribution in [0.5, 0.6) is 5.75 Å². The van der Waals surface area contributed by atoms with Crippen molar-refractivity contribution in [2.24, 2.45) is 11.8 Å². The Morgan fingerprint density at radius 3 is 3.05 bits per heavy atom. The molecule has 1 aromatic rings. The summed E-state index contributed by atoms with van der Waals surface area (Å²) in [5.41, 5.74) is 1.33. The molecule has 104 valence electrons. The highest BCUT2D eigenvalue weighted by Crippen LogP contribution is 2.20. The number of rotatable bonds is 3. The van der Waals surface area contributed by atoms with Gasteiger partial charge >= 0.3 is 0 Å². The average molecular weight is 262 g/mol. The summed E-state index contributed by atoms with van der Waals surface area (Å²) in [6, 6.07) is 5.07. The zero-order valence-corrected chi connectivity index (χ0v) is 11.6. The summed E-state index contributed by atoms with van der Waals surface area (Å²) in [6.45, 7) is 6.79. The number of piperidine rings is 1. The molecular formula is C15H22N2O2. The van der Waals surface area contributed by atoms with Crippen LogP contribution in [-0.2, 0) is 0 Å². The van der Waals surface area contributed by atoms with Gasteiger partial charge in [0.15, 0.2) is 0 Å². The lowest BCUT2D eigenvalue weighted by atomic mass is 9.88. The summed E-state index contributed by atoms with van der Waals surface area (Å²) in [4.78, 5) is 12.1. The van der Waals surface area contributed by atoms with Crippen LogP contribution in [0.15, 0.2) is 18.2 Å². The van der Waals surface area contributed by atoms with Crippen LogP contribution >= 0.6 is 0 Å². The number of carbonyl (C=O) groups is 1. The second kappa shape index (κ2) is 6.06. The molecule has 0 spiro atoms. The van der Waals surface area contributed by atoms with E-state index in [0.717, 1.165) is 25.1 Å². The van der Waals surface area contributed by atoms with Crippen molar-refractivity contribution in [1.82, 2.24) is 10.6 Å². The highest BCUT2D eigenvalue weighted by Gasteiger charge is 2.22. The lowest BCUT2D eigenvalue weighted by molar-refractivity contribution is 0.0936. The molecule has 0 saturated carbocycles. The van der Waals surface area contributed by atoms with Crippen molar-refractivity contribution in [2.45, 2.75) is 20.3 Å². The van der Waals surface area contributed by atoms with Crippen LogP contribution in [0.25, 0.3) is 0 Å². The number of phenolic OH excluding ortho intramolecular Hbond substituents is 1. The number of hydrogen-bond acceptors (Lipinski definition) is 3. The van der Waals surface area contributed by atoms with E-state index in [1.807, 2.05) is 6.92 Å². The van der Waals surface area contributed by atoms with Gasteiger partial charge in [0.1, 0.15) is 5.75 Å². The van der Waals surface area contributed by atoms with Gasteiger partial charge < -0.3 is 15.7 Å². The fourth-order valence-corrected chi connectivity index (χ4v) is 2.48. The van der Waals surface area contributed by atoms with Gasteiger partial charge in [-0.1, -0.05) is 18.6 Å². The molecule has 0 bridgehead atoms. The van der Waals surface area contributed by atoms with Gasteiger partial charge in [-0.15, -0.1) is 0 Å². The second-order valence-corrected chi connectivity index (χ2v) is 5.46. The number of hydrogen-bond donors (Lipinski definition) is 3. The van der Waals surface area contributed by atoms with Gasteiger partial charge in [-0.2, -0.15) is 0 Å². The Hall–Kier alpha value is -1.55. The number of carbonyl (C=O) groups excluding carboxylic acids is 1. The maximum atomic E-state index is 12.1. The van der Waals surface area contributed by atoms with E-state index in [2.05, 4.69) is 17.6 Å². The molecule has 1 aromatic carbocycles. The number of benzene rings is 1. The van der Waals surface area contributed by atoms with Crippen LogP contribution in [0.4, 0.5) is 0 Å². The Morgan fingerprint density at radius 2 is 2.32 bits per heavy atom. The van der Waals surface area contributed by atoms with E-state index in [1.165, 1.54) is 0 Å². The largest absolute Gasteiger partial charge is 0.507 e. The van der Waals surface area contributed by atoms with Crippen molar-refractivity contribution in [3.63, 3.8) is 0 Å². The number of aromatic hydroxyl groups is 1. The third kappa shape index (κ3) is 3.47. The maximum Gasteiger partial charge on any atom is 0.255 e. The SMILES string of the molecule is Cc1ccc(O)c(C(=O)NCC2CNCCC2C)c1. The minimum atomic E-state index is -0.195. The predicted molar refractivity (Wildman–Crippen MR) is 75.3 cm³/mol. The summed E-state index contributed by atoms with van der Waals surface area (Å²) in [7, 11) is 0. The molecular weight excluding hydrogens is 240 g/mol. The quantitative estimate of drug-likeness (QED) is 0.776. The Kier molecular flexibility index (Phi) is 4.43. The maximum absolute atomic E-state index is 12.1. The molecule has 0 radical (unpaired) electrons. The van der Waals surface area contributed by atoms with Crippen molar-refractivity contribution in [3.05, 3.63) is 29.3 Å². The molecule has 3 N–H and O–H groups in total. The van der Waals surface area contributed by atoms with Crippen molar-refractivity contribution in [2.75, 3.05) is 19.6 Å². The van der Waals surface area contributed by atoms with Gasteiger partial charge in [0.05, 0.1) is 5.56 Å². The van der Waals surface area contributed by atoms with Gasteiger partial charge in [0, 0.05) is 6.54 Å². The van der Waals surface area contributed by atoms with Gasteiger partial charge in [0.2, 0.25) is 0 Å². The first-order valence-electron chi connectivity index (χ1n) is 6.86. The molecule has 1 saturated heterocycles. The molecule has 4 heteroatoms. The number of aryl methyl sites for hydroxylation is 1. The topological polar surface area (TPSA) is 61.4 Å². The lowest BCUT2D eigenvalue weighted by Crippen LogP contribution is -2.42. The van der Waals surface area contributed by atoms with Crippen LogP contribution in [0, 0.1) is 18.8 Å². The zero-order valence-electron chi connectivity index (χ0n) is 11.6. The molecule has 2 rings (SSSR count). The Bertz CT molecular complexity index is 459. The normalized spacial score (nSPS) is 23.1. The highest BCUT2D eigenvalue weighted by atomic mass is 16.3. The van der Waals surface area contributed by atoms with Gasteiger partial charge in [0.25, 0.3) is 5.91 Å². The van der Waals surface area contributed by atoms with Crippen molar-refractivity contribution >= 4 is 5.91 Å². The van der Waals surface area contributed by atoms with Crippen molar-refractivity contribution < 1.29 is 9.90 Å². The monoisotopic (exact) mass is 262 g/mol. The highest BCUT2D eigenvalue weighted by molar-refractivity contribution is 5.96. The summed E-state index contributed by atoms with van der Waals surface area (Å²) in [6.07, 6.45) is 1.15. The van der Waals surface area contributed by atoms with Crippen LogP contribution < -0.4 is 10.6 Å². The molecule has 1 aliphatic rings. The first-order chi connectivity index (χ1) is 9.08. The fraction of sp³-hybridized carbons (Fsp3) is 0.533. The van der Waals surface area contributed by atoms with Crippen LogP contribution in [0.3, 0.4) is 0 Å². The molecule has 0 aromatic heterocycles. The van der Waals surface area contributed by atoms with E-state index in [-0.39, 0.29) is 11.7 Å². The summed E-state index contributed by atoms with van der Waals surface area (Å²) in [5, 5.41) is 16.0. The molecule has 2 atom stereocenters. The number of amides is 1. The van der Waals surface area contributed by atoms with Crippen molar-refractivity contribution in [3.8, 4) is 5.75 Å². The third-order valence-electron chi connectivity index (χ3n) is 3.91. The molecule has 0 aliphatic carbocycles. The van der Waals surface area contributed by atoms with Gasteiger partial charge in [-0.3, -0.25) is 4.79 Å². The third-order valence-corrected chi connectivity index (χ3v) is 3.91. The summed E-state index contributed by atoms with van der Waals surface area (Å²) in [5.74, 6) is 0.925. The van der Waals surface area contributed by atoms with Crippen LogP contribution in [0.2, 0.25) is 0 Å². The minimum absolute atomic E-state index is 0.0397. The standard InChI is InChI=1S/C15H22N2O2/c1-10-3-4-14(18)13(7-10)15(19)17-9-12-8-16-6-5-11(12)2/h3-4,7,11-12,16,18H,5-6,8-9H2,1-2H3,(H,17,19). The van der Waals surface area contributed by atoms with E-state index in [9.17, 15) is 9.90 Å². The Morgan fingerprint density at radius 1 is 1.53 bits per heavy atom. The lowest BCUT2D eigenvalue weighted by Gasteiger charge is -2.29. The Balaban J connectivity index is 1.95. The molecule has 1 aliphatic heterocycles. The molecule has 2 unspecified atom stereocenters. The van der Waals surface area contributed by atoms with Gasteiger partial charge in [-0.25, -0.2) is 0 Å². The predicted octanol–water partition coefficient (Wildman–Crippen LogP) is 1.68. The second-order valence-electron chi connectivity index (χ2n) is 5.46. The molecule has 1 amide bonds. The first kappa shape index (κ1) is 13.9. The molecule has 1 heterocycles. The van der Waals surface area contributed by atoms with E-state index >= 15 is 0 Å². The fourth-order valence-electron chi connectivity index (χ4n) is 2.48. The van der Waals surface area contributed by atoms with E-state index in [0.29, 0.717) is 23.9 Å². The van der Waals surface area contributed by atoms with E-state index in [1.54, 1.807) is 18.2 Å². The minimum Gasteiger partial charge on any atom is -0.507 e. The first-order valence-corrected chi connectivity index (χ1v) is 6.86. The van der Waals surface area contributed by atoms with E-state index in [4.69, 9.17) is 0 Å². The van der Waals surface area contributed by atoms with Crippen LogP contribution in [-0.4, -0.2) is 30.6 Å². The Labute approximate surface area is 114 Å². The van der Waals surface area contributed by atoms with Crippen molar-refractivity contribution in [1.29, 1.82) is 0 Å². The molecule has 19 heavy (non-hydrogen) atoms. The number of nitrogens with one attached hydrogen (secondary N) is 2. The molecule has 4 nitrogen and oxygen atoms in total. The molecule has 1 fully saturated rings. The number of phenols is 1. The van der Waals surface area contributed by atoms with Gasteiger partial charge in [-0.05, 0) is 50.4 Å². The smallest absolute Gasteiger partial charge is 0.255 e. The van der Waals surface area contributed by atoms with E-state index < -0.39 is 0 Å². The summed E-state index contributed by atoms with van der Waals surface area (Å²) >= 11 is 0. The summed E-state index contributed by atoms with van der Waals surface area (Å²) < 4.78 is 0. The zero-order chi connectivity index (χ0) is 13.8. The average Bonchev–Trinajstić information content (AvgIpc) is 2.40.